The lowest BCUT2D eigenvalue weighted by Gasteiger charge is -2.45. The normalized spacial score (nSPS) is 28.1. The second kappa shape index (κ2) is 5.46. The van der Waals surface area contributed by atoms with E-state index in [0.717, 1.165) is 26.3 Å². The third-order valence-corrected chi connectivity index (χ3v) is 4.14. The molecule has 2 aliphatic rings. The van der Waals surface area contributed by atoms with Gasteiger partial charge in [-0.1, -0.05) is 0 Å². The number of hydrogen-bond acceptors (Lipinski definition) is 2. The zero-order valence-electron chi connectivity index (χ0n) is 10.4. The molecule has 0 aromatic carbocycles. The minimum atomic E-state index is -0.660. The molecule has 0 N–H and O–H groups in total. The lowest BCUT2D eigenvalue weighted by molar-refractivity contribution is -0.0283. The molecule has 0 radical (unpaired) electrons. The Kier molecular flexibility index (Phi) is 4.20. The van der Waals surface area contributed by atoms with Gasteiger partial charge < -0.3 is 9.64 Å². The van der Waals surface area contributed by atoms with E-state index in [9.17, 15) is 4.39 Å². The van der Waals surface area contributed by atoms with Gasteiger partial charge in [-0.05, 0) is 51.0 Å². The first-order valence-electron chi connectivity index (χ1n) is 6.64. The first kappa shape index (κ1) is 12.3. The molecule has 1 spiro atoms. The van der Waals surface area contributed by atoms with Crippen LogP contribution in [0.5, 0.6) is 0 Å². The van der Waals surface area contributed by atoms with E-state index in [1.54, 1.807) is 6.92 Å². The fraction of sp³-hybridized carbons (Fsp3) is 1.00. The van der Waals surface area contributed by atoms with Crippen LogP contribution in [0.1, 0.15) is 39.0 Å². The molecular weight excluding hydrogens is 205 g/mol. The van der Waals surface area contributed by atoms with Gasteiger partial charge in [0.25, 0.3) is 0 Å². The summed E-state index contributed by atoms with van der Waals surface area (Å²) in [6.07, 6.45) is 5.06. The molecule has 2 nitrogen and oxygen atoms in total. The average Bonchev–Trinajstić information content (AvgIpc) is 2.28. The molecule has 0 amide bonds. The van der Waals surface area contributed by atoms with Gasteiger partial charge in [-0.25, -0.2) is 4.39 Å². The fourth-order valence-corrected chi connectivity index (χ4v) is 3.07. The largest absolute Gasteiger partial charge is 0.381 e. The van der Waals surface area contributed by atoms with Gasteiger partial charge in [0.2, 0.25) is 0 Å². The highest BCUT2D eigenvalue weighted by molar-refractivity contribution is 4.88. The molecule has 3 heteroatoms. The summed E-state index contributed by atoms with van der Waals surface area (Å²) < 4.78 is 18.3. The zero-order valence-corrected chi connectivity index (χ0v) is 10.4. The minimum absolute atomic E-state index is 0.496. The molecule has 0 aromatic rings. The summed E-state index contributed by atoms with van der Waals surface area (Å²) in [4.78, 5) is 2.46. The number of rotatable bonds is 3. The lowest BCUT2D eigenvalue weighted by Crippen LogP contribution is -2.46. The maximum atomic E-state index is 12.8. The van der Waals surface area contributed by atoms with Crippen LogP contribution < -0.4 is 0 Å². The molecule has 2 rings (SSSR count). The van der Waals surface area contributed by atoms with Crippen LogP contribution in [0, 0.1) is 5.41 Å². The molecule has 0 bridgehead atoms. The topological polar surface area (TPSA) is 12.5 Å². The molecule has 16 heavy (non-hydrogen) atoms. The number of nitrogens with zero attached hydrogens (tertiary/aromatic N) is 1. The van der Waals surface area contributed by atoms with Crippen molar-refractivity contribution in [2.45, 2.75) is 45.2 Å². The van der Waals surface area contributed by atoms with Gasteiger partial charge in [0.15, 0.2) is 0 Å². The van der Waals surface area contributed by atoms with E-state index >= 15 is 0 Å². The molecule has 1 atom stereocenters. The van der Waals surface area contributed by atoms with E-state index in [4.69, 9.17) is 4.74 Å². The van der Waals surface area contributed by atoms with Crippen LogP contribution in [0.4, 0.5) is 4.39 Å². The average molecular weight is 229 g/mol. The lowest BCUT2D eigenvalue weighted by atomic mass is 9.74. The maximum absolute atomic E-state index is 12.8. The van der Waals surface area contributed by atoms with Crippen molar-refractivity contribution in [1.29, 1.82) is 0 Å². The van der Waals surface area contributed by atoms with Crippen LogP contribution in [0.15, 0.2) is 0 Å². The number of piperidine rings is 1. The highest BCUT2D eigenvalue weighted by Crippen LogP contribution is 2.39. The fourth-order valence-electron chi connectivity index (χ4n) is 3.07. The van der Waals surface area contributed by atoms with Gasteiger partial charge in [0.05, 0.1) is 6.17 Å². The van der Waals surface area contributed by atoms with Crippen LogP contribution in [-0.4, -0.2) is 43.9 Å². The third-order valence-electron chi connectivity index (χ3n) is 4.14. The Morgan fingerprint density at radius 1 is 1.31 bits per heavy atom. The third kappa shape index (κ3) is 3.17. The number of alkyl halides is 1. The zero-order chi connectivity index (χ0) is 11.4. The molecular formula is C13H24FNO. The van der Waals surface area contributed by atoms with Crippen molar-refractivity contribution in [2.24, 2.45) is 5.41 Å². The Morgan fingerprint density at radius 2 is 2.06 bits per heavy atom. The van der Waals surface area contributed by atoms with Gasteiger partial charge in [-0.2, -0.15) is 0 Å². The molecule has 0 saturated carbocycles. The van der Waals surface area contributed by atoms with Crippen LogP contribution >= 0.6 is 0 Å². The summed E-state index contributed by atoms with van der Waals surface area (Å²) >= 11 is 0. The Morgan fingerprint density at radius 3 is 2.75 bits per heavy atom. The highest BCUT2D eigenvalue weighted by atomic mass is 19.1. The highest BCUT2D eigenvalue weighted by Gasteiger charge is 2.36. The van der Waals surface area contributed by atoms with E-state index in [1.807, 2.05) is 0 Å². The van der Waals surface area contributed by atoms with Crippen LogP contribution in [0.3, 0.4) is 0 Å². The number of likely N-dealkylation sites (tertiary alicyclic amines) is 1. The maximum Gasteiger partial charge on any atom is 0.0985 e. The van der Waals surface area contributed by atoms with Crippen molar-refractivity contribution in [2.75, 3.05) is 32.8 Å². The van der Waals surface area contributed by atoms with Gasteiger partial charge in [-0.3, -0.25) is 0 Å². The van der Waals surface area contributed by atoms with E-state index in [2.05, 4.69) is 4.90 Å². The SMILES string of the molecule is C[C@H](F)CCN1CCCC2(CCOCC2)C1. The van der Waals surface area contributed by atoms with Crippen molar-refractivity contribution < 1.29 is 9.13 Å². The number of ether oxygens (including phenoxy) is 1. The van der Waals surface area contributed by atoms with Gasteiger partial charge in [-0.15, -0.1) is 0 Å². The Bertz CT molecular complexity index is 208. The Labute approximate surface area is 98.1 Å². The molecule has 2 saturated heterocycles. The van der Waals surface area contributed by atoms with E-state index in [1.165, 1.54) is 32.2 Å². The molecule has 94 valence electrons. The van der Waals surface area contributed by atoms with E-state index in [0.29, 0.717) is 11.8 Å². The standard InChI is InChI=1S/C13H24FNO/c1-12(14)3-8-15-7-2-4-13(11-15)5-9-16-10-6-13/h12H,2-11H2,1H3/t12-/m0/s1. The summed E-state index contributed by atoms with van der Waals surface area (Å²) in [6, 6.07) is 0. The first-order valence-corrected chi connectivity index (χ1v) is 6.64. The molecule has 2 fully saturated rings. The molecule has 0 unspecified atom stereocenters. The Balaban J connectivity index is 1.83. The van der Waals surface area contributed by atoms with Crippen molar-refractivity contribution >= 4 is 0 Å². The van der Waals surface area contributed by atoms with Crippen LogP contribution in [-0.2, 0) is 4.74 Å². The first-order chi connectivity index (χ1) is 7.70. The second-order valence-electron chi connectivity index (χ2n) is 5.56. The summed E-state index contributed by atoms with van der Waals surface area (Å²) in [5.41, 5.74) is 0.496. The smallest absolute Gasteiger partial charge is 0.0985 e. The minimum Gasteiger partial charge on any atom is -0.381 e. The summed E-state index contributed by atoms with van der Waals surface area (Å²) in [6.45, 7) is 6.77. The van der Waals surface area contributed by atoms with Crippen molar-refractivity contribution in [3.63, 3.8) is 0 Å². The summed E-state index contributed by atoms with van der Waals surface area (Å²) in [5.74, 6) is 0. The molecule has 0 aromatic heterocycles. The van der Waals surface area contributed by atoms with Crippen molar-refractivity contribution in [1.82, 2.24) is 4.90 Å². The number of halogens is 1. The van der Waals surface area contributed by atoms with Gasteiger partial charge >= 0.3 is 0 Å². The summed E-state index contributed by atoms with van der Waals surface area (Å²) in [7, 11) is 0. The predicted molar refractivity (Wildman–Crippen MR) is 63.3 cm³/mol. The predicted octanol–water partition coefficient (Wildman–Crippen LogP) is 2.63. The van der Waals surface area contributed by atoms with Crippen molar-refractivity contribution in [3.8, 4) is 0 Å². The van der Waals surface area contributed by atoms with E-state index < -0.39 is 6.17 Å². The Hall–Kier alpha value is -0.150. The monoisotopic (exact) mass is 229 g/mol. The van der Waals surface area contributed by atoms with Crippen molar-refractivity contribution in [3.05, 3.63) is 0 Å². The summed E-state index contributed by atoms with van der Waals surface area (Å²) in [5, 5.41) is 0. The van der Waals surface area contributed by atoms with Gasteiger partial charge in [0, 0.05) is 26.3 Å². The molecule has 0 aliphatic carbocycles. The van der Waals surface area contributed by atoms with E-state index in [-0.39, 0.29) is 0 Å². The van der Waals surface area contributed by atoms with Gasteiger partial charge in [0.1, 0.15) is 0 Å². The second-order valence-corrected chi connectivity index (χ2v) is 5.56. The molecule has 2 aliphatic heterocycles. The number of hydrogen-bond donors (Lipinski definition) is 0. The quantitative estimate of drug-likeness (QED) is 0.737. The van der Waals surface area contributed by atoms with Crippen LogP contribution in [0.2, 0.25) is 0 Å². The molecule has 2 heterocycles. The van der Waals surface area contributed by atoms with Crippen LogP contribution in [0.25, 0.3) is 0 Å².